The second kappa shape index (κ2) is 8.04. The third-order valence-electron chi connectivity index (χ3n) is 5.36. The Hall–Kier alpha value is -1.98. The monoisotopic (exact) mass is 435 g/mol. The first kappa shape index (κ1) is 20.3. The summed E-state index contributed by atoms with van der Waals surface area (Å²) in [5, 5.41) is 13.1. The SMILES string of the molecule is CCn1c(CSc2nnnn2C2CCCC2)nc2cc(S(=O)(=O)N(C)C)ccc21. The molecule has 0 aliphatic heterocycles. The lowest BCUT2D eigenvalue weighted by Crippen LogP contribution is -2.22. The van der Waals surface area contributed by atoms with E-state index in [9.17, 15) is 8.42 Å². The maximum Gasteiger partial charge on any atom is 0.242 e. The van der Waals surface area contributed by atoms with Gasteiger partial charge in [0, 0.05) is 20.6 Å². The molecule has 3 aromatic rings. The van der Waals surface area contributed by atoms with E-state index in [1.807, 2.05) is 10.7 Å². The lowest BCUT2D eigenvalue weighted by Gasteiger charge is -2.11. The summed E-state index contributed by atoms with van der Waals surface area (Å²) < 4.78 is 30.2. The number of benzene rings is 1. The van der Waals surface area contributed by atoms with Gasteiger partial charge in [-0.05, 0) is 48.4 Å². The van der Waals surface area contributed by atoms with Crippen molar-refractivity contribution in [3.63, 3.8) is 0 Å². The molecule has 0 atom stereocenters. The number of rotatable bonds is 7. The van der Waals surface area contributed by atoms with E-state index in [4.69, 9.17) is 4.98 Å². The van der Waals surface area contributed by atoms with Crippen molar-refractivity contribution < 1.29 is 8.42 Å². The van der Waals surface area contributed by atoms with E-state index in [-0.39, 0.29) is 4.90 Å². The van der Waals surface area contributed by atoms with Gasteiger partial charge in [0.25, 0.3) is 0 Å². The number of imidazole rings is 1. The summed E-state index contributed by atoms with van der Waals surface area (Å²) in [6, 6.07) is 5.51. The van der Waals surface area contributed by atoms with Crippen molar-refractivity contribution >= 4 is 32.8 Å². The van der Waals surface area contributed by atoms with Crippen molar-refractivity contribution in [2.45, 2.75) is 61.0 Å². The zero-order valence-electron chi connectivity index (χ0n) is 16.8. The van der Waals surface area contributed by atoms with Crippen LogP contribution in [0.5, 0.6) is 0 Å². The molecule has 156 valence electrons. The van der Waals surface area contributed by atoms with Crippen LogP contribution in [0.25, 0.3) is 11.0 Å². The first-order valence-electron chi connectivity index (χ1n) is 9.74. The van der Waals surface area contributed by atoms with E-state index < -0.39 is 10.0 Å². The van der Waals surface area contributed by atoms with Crippen molar-refractivity contribution in [1.29, 1.82) is 0 Å². The third kappa shape index (κ3) is 3.78. The van der Waals surface area contributed by atoms with Crippen LogP contribution in [0.2, 0.25) is 0 Å². The van der Waals surface area contributed by atoms with Crippen molar-refractivity contribution in [2.75, 3.05) is 14.1 Å². The molecule has 29 heavy (non-hydrogen) atoms. The van der Waals surface area contributed by atoms with Crippen molar-refractivity contribution in [2.24, 2.45) is 0 Å². The maximum absolute atomic E-state index is 12.4. The quantitative estimate of drug-likeness (QED) is 0.526. The fraction of sp³-hybridized carbons (Fsp3) is 0.556. The van der Waals surface area contributed by atoms with E-state index in [1.54, 1.807) is 23.9 Å². The smallest absolute Gasteiger partial charge is 0.242 e. The predicted octanol–water partition coefficient (Wildman–Crippen LogP) is 2.70. The summed E-state index contributed by atoms with van der Waals surface area (Å²) in [5.41, 5.74) is 1.61. The molecule has 1 aromatic carbocycles. The lowest BCUT2D eigenvalue weighted by atomic mass is 10.3. The minimum atomic E-state index is -3.49. The van der Waals surface area contributed by atoms with Gasteiger partial charge in [0.15, 0.2) is 0 Å². The van der Waals surface area contributed by atoms with Gasteiger partial charge in [-0.15, -0.1) is 5.10 Å². The highest BCUT2D eigenvalue weighted by atomic mass is 32.2. The summed E-state index contributed by atoms with van der Waals surface area (Å²) in [6.45, 7) is 2.81. The number of hydrogen-bond acceptors (Lipinski definition) is 7. The Kier molecular flexibility index (Phi) is 5.63. The summed E-state index contributed by atoms with van der Waals surface area (Å²) in [5.74, 6) is 1.50. The molecule has 1 fully saturated rings. The molecule has 11 heteroatoms. The minimum Gasteiger partial charge on any atom is -0.328 e. The summed E-state index contributed by atoms with van der Waals surface area (Å²) in [7, 11) is -0.435. The highest BCUT2D eigenvalue weighted by Gasteiger charge is 2.23. The van der Waals surface area contributed by atoms with Gasteiger partial charge in [-0.3, -0.25) is 0 Å². The van der Waals surface area contributed by atoms with Crippen LogP contribution in [0.1, 0.15) is 44.5 Å². The molecule has 9 nitrogen and oxygen atoms in total. The topological polar surface area (TPSA) is 98.8 Å². The van der Waals surface area contributed by atoms with Crippen LogP contribution in [0, 0.1) is 0 Å². The molecule has 1 aliphatic carbocycles. The Morgan fingerprint density at radius 1 is 1.24 bits per heavy atom. The van der Waals surface area contributed by atoms with Gasteiger partial charge in [-0.25, -0.2) is 22.4 Å². The van der Waals surface area contributed by atoms with E-state index in [0.29, 0.717) is 17.3 Å². The Morgan fingerprint density at radius 2 is 2.00 bits per heavy atom. The van der Waals surface area contributed by atoms with Crippen LogP contribution < -0.4 is 0 Å². The predicted molar refractivity (Wildman–Crippen MR) is 111 cm³/mol. The van der Waals surface area contributed by atoms with Crippen LogP contribution in [0.4, 0.5) is 0 Å². The van der Waals surface area contributed by atoms with Gasteiger partial charge in [0.05, 0.1) is 27.7 Å². The van der Waals surface area contributed by atoms with E-state index >= 15 is 0 Å². The summed E-state index contributed by atoms with van der Waals surface area (Å²) >= 11 is 1.57. The molecule has 1 saturated carbocycles. The molecular weight excluding hydrogens is 410 g/mol. The van der Waals surface area contributed by atoms with Crippen LogP contribution in [0.15, 0.2) is 28.3 Å². The first-order valence-corrected chi connectivity index (χ1v) is 12.2. The molecule has 0 radical (unpaired) electrons. The maximum atomic E-state index is 12.4. The van der Waals surface area contributed by atoms with Crippen LogP contribution in [-0.2, 0) is 22.3 Å². The average Bonchev–Trinajstić information content (AvgIpc) is 3.43. The molecule has 2 aromatic heterocycles. The normalized spacial score (nSPS) is 15.7. The second-order valence-corrected chi connectivity index (χ2v) is 10.4. The van der Waals surface area contributed by atoms with E-state index in [2.05, 4.69) is 27.0 Å². The standard InChI is InChI=1S/C18H25N7O2S2/c1-4-24-16-10-9-14(29(26,27)23(2)3)11-15(16)19-17(24)12-28-18-20-21-22-25(18)13-7-5-6-8-13/h9-11,13H,4-8,12H2,1-3H3. The molecule has 0 N–H and O–H groups in total. The lowest BCUT2D eigenvalue weighted by molar-refractivity contribution is 0.423. The molecule has 0 spiro atoms. The van der Waals surface area contributed by atoms with Crippen molar-refractivity contribution in [3.8, 4) is 0 Å². The van der Waals surface area contributed by atoms with Crippen LogP contribution >= 0.6 is 11.8 Å². The number of fused-ring (bicyclic) bond motifs is 1. The summed E-state index contributed by atoms with van der Waals surface area (Å²) in [4.78, 5) is 4.98. The number of nitrogens with zero attached hydrogens (tertiary/aromatic N) is 7. The number of sulfonamides is 1. The third-order valence-corrected chi connectivity index (χ3v) is 8.10. The van der Waals surface area contributed by atoms with Crippen LogP contribution in [0.3, 0.4) is 0 Å². The molecule has 4 rings (SSSR count). The van der Waals surface area contributed by atoms with Gasteiger partial charge < -0.3 is 4.57 Å². The van der Waals surface area contributed by atoms with Gasteiger partial charge in [-0.1, -0.05) is 24.6 Å². The Bertz CT molecular complexity index is 1110. The fourth-order valence-corrected chi connectivity index (χ4v) is 5.59. The Labute approximate surface area is 174 Å². The zero-order valence-corrected chi connectivity index (χ0v) is 18.4. The Balaban J connectivity index is 1.62. The zero-order chi connectivity index (χ0) is 20.6. The number of aryl methyl sites for hydroxylation is 1. The molecule has 2 heterocycles. The molecular formula is C18H25N7O2S2. The number of thioether (sulfide) groups is 1. The van der Waals surface area contributed by atoms with E-state index in [0.717, 1.165) is 35.9 Å². The highest BCUT2D eigenvalue weighted by Crippen LogP contribution is 2.32. The molecule has 0 amide bonds. The fourth-order valence-electron chi connectivity index (χ4n) is 3.78. The van der Waals surface area contributed by atoms with Crippen molar-refractivity contribution in [3.05, 3.63) is 24.0 Å². The van der Waals surface area contributed by atoms with Gasteiger partial charge in [-0.2, -0.15) is 0 Å². The van der Waals surface area contributed by atoms with E-state index in [1.165, 1.54) is 31.2 Å². The first-order chi connectivity index (χ1) is 13.9. The molecule has 0 bridgehead atoms. The number of aromatic nitrogens is 6. The number of tetrazole rings is 1. The second-order valence-electron chi connectivity index (χ2n) is 7.34. The van der Waals surface area contributed by atoms with Crippen LogP contribution in [-0.4, -0.2) is 56.6 Å². The molecule has 0 saturated heterocycles. The number of hydrogen-bond donors (Lipinski definition) is 0. The highest BCUT2D eigenvalue weighted by molar-refractivity contribution is 7.98. The van der Waals surface area contributed by atoms with Gasteiger partial charge >= 0.3 is 0 Å². The largest absolute Gasteiger partial charge is 0.328 e. The summed E-state index contributed by atoms with van der Waals surface area (Å²) in [6.07, 6.45) is 4.68. The molecule has 1 aliphatic rings. The average molecular weight is 436 g/mol. The van der Waals surface area contributed by atoms with Gasteiger partial charge in [0.1, 0.15) is 5.82 Å². The van der Waals surface area contributed by atoms with Crippen molar-refractivity contribution in [1.82, 2.24) is 34.1 Å². The minimum absolute atomic E-state index is 0.250. The van der Waals surface area contributed by atoms with Gasteiger partial charge in [0.2, 0.25) is 15.2 Å². The molecule has 0 unspecified atom stereocenters. The Morgan fingerprint density at radius 3 is 2.69 bits per heavy atom.